The lowest BCUT2D eigenvalue weighted by Crippen LogP contribution is -2.61. The summed E-state index contributed by atoms with van der Waals surface area (Å²) in [4.78, 5) is 5.19. The van der Waals surface area contributed by atoms with Crippen LogP contribution in [0.4, 0.5) is 33.4 Å². The van der Waals surface area contributed by atoms with Crippen LogP contribution in [0.5, 0.6) is 0 Å². The van der Waals surface area contributed by atoms with Crippen molar-refractivity contribution in [3.8, 4) is 33.6 Å². The van der Waals surface area contributed by atoms with E-state index in [1.165, 1.54) is 70.8 Å². The second kappa shape index (κ2) is 15.8. The molecule has 2 aliphatic rings. The first kappa shape index (κ1) is 42.8. The van der Waals surface area contributed by atoms with E-state index in [9.17, 15) is 0 Å². The van der Waals surface area contributed by atoms with E-state index in [2.05, 4.69) is 192 Å². The van der Waals surface area contributed by atoms with Gasteiger partial charge in [0.15, 0.2) is 0 Å². The minimum Gasteiger partial charge on any atom is -0.464 e. The Labute approximate surface area is 423 Å². The first-order valence-electron chi connectivity index (χ1n) is 25.1. The molecule has 0 spiro atoms. The van der Waals surface area contributed by atoms with Gasteiger partial charge in [0.25, 0.3) is 6.71 Å². The maximum atomic E-state index is 6.50. The molecule has 348 valence electrons. The van der Waals surface area contributed by atoms with Gasteiger partial charge in [-0.1, -0.05) is 126 Å². The van der Waals surface area contributed by atoms with Crippen molar-refractivity contribution >= 4 is 111 Å². The van der Waals surface area contributed by atoms with E-state index in [1.807, 2.05) is 54.2 Å². The molecule has 0 unspecified atom stereocenters. The molecule has 6 heterocycles. The summed E-state index contributed by atoms with van der Waals surface area (Å²) in [5.41, 5.74) is 22.8. The fourth-order valence-electron chi connectivity index (χ4n) is 11.8. The maximum Gasteiger partial charge on any atom is 0.254 e. The molecule has 0 radical (unpaired) electrons. The van der Waals surface area contributed by atoms with Crippen molar-refractivity contribution in [2.24, 2.45) is 0 Å². The Kier molecular flexibility index (Phi) is 9.37. The third-order valence-electron chi connectivity index (χ3n) is 15.4. The molecule has 72 heavy (non-hydrogen) atoms. The minimum atomic E-state index is -0.0655. The third kappa shape index (κ3) is 6.46. The molecule has 0 bridgehead atoms. The van der Waals surface area contributed by atoms with Gasteiger partial charge in [0.1, 0.15) is 22.5 Å². The van der Waals surface area contributed by atoms with E-state index in [0.29, 0.717) is 0 Å². The van der Waals surface area contributed by atoms with Crippen LogP contribution in [0.1, 0.15) is 62.8 Å². The molecule has 7 heteroatoms. The monoisotopic (exact) mass is 950 g/mol. The number of hydrogen-bond acceptors (Lipinski definition) is 6. The average molecular weight is 951 g/mol. The molecule has 2 aliphatic heterocycles. The van der Waals surface area contributed by atoms with E-state index in [0.717, 1.165) is 77.9 Å². The van der Waals surface area contributed by atoms with E-state index in [1.54, 1.807) is 0 Å². The van der Waals surface area contributed by atoms with Crippen molar-refractivity contribution in [1.29, 1.82) is 0 Å². The molecule has 0 atom stereocenters. The summed E-state index contributed by atoms with van der Waals surface area (Å²) >= 11 is 1.92. The number of nitrogens with zero attached hydrogens (tertiary/aromatic N) is 2. The summed E-state index contributed by atoms with van der Waals surface area (Å²) in [6, 6.07) is 60.2. The fourth-order valence-corrected chi connectivity index (χ4v) is 13.0. The summed E-state index contributed by atoms with van der Waals surface area (Å²) < 4.78 is 20.2. The average Bonchev–Trinajstić information content (AvgIpc) is 4.21. The number of fused-ring (bicyclic) bond motifs is 9. The first-order chi connectivity index (χ1) is 35.0. The predicted octanol–water partition coefficient (Wildman–Crippen LogP) is 17.3. The van der Waals surface area contributed by atoms with E-state index in [-0.39, 0.29) is 18.0 Å². The lowest BCUT2D eigenvalue weighted by molar-refractivity contribution is 0.591. The Hall–Kier alpha value is -8.00. The molecule has 0 amide bonds. The van der Waals surface area contributed by atoms with E-state index in [4.69, 9.17) is 13.3 Å². The molecule has 5 nitrogen and oxygen atoms in total. The van der Waals surface area contributed by atoms with Crippen LogP contribution in [0.25, 0.3) is 76.6 Å². The molecule has 0 aliphatic carbocycles. The molecule has 4 aromatic heterocycles. The van der Waals surface area contributed by atoms with Gasteiger partial charge in [-0.25, -0.2) is 0 Å². The van der Waals surface area contributed by atoms with Crippen LogP contribution < -0.4 is 26.2 Å². The maximum absolute atomic E-state index is 6.50. The van der Waals surface area contributed by atoms with Crippen LogP contribution in [-0.4, -0.2) is 6.71 Å². The Morgan fingerprint density at radius 3 is 1.88 bits per heavy atom. The molecule has 12 aromatic rings. The van der Waals surface area contributed by atoms with Crippen molar-refractivity contribution in [3.05, 3.63) is 199 Å². The largest absolute Gasteiger partial charge is 0.464 e. The van der Waals surface area contributed by atoms with Crippen LogP contribution in [0.2, 0.25) is 0 Å². The quantitative estimate of drug-likeness (QED) is 0.155. The Bertz CT molecular complexity index is 4140. The highest BCUT2D eigenvalue weighted by atomic mass is 32.1. The molecule has 0 saturated heterocycles. The molecule has 0 saturated carbocycles. The highest BCUT2D eigenvalue weighted by Gasteiger charge is 2.46. The number of thiophene rings is 1. The van der Waals surface area contributed by atoms with Crippen molar-refractivity contribution in [2.75, 3.05) is 9.80 Å². The van der Waals surface area contributed by atoms with Crippen LogP contribution >= 0.6 is 11.3 Å². The van der Waals surface area contributed by atoms with Gasteiger partial charge >= 0.3 is 0 Å². The number of para-hydroxylation sites is 3. The van der Waals surface area contributed by atoms with Gasteiger partial charge in [0.2, 0.25) is 0 Å². The standard InChI is InChI=1S/C65H51BN2O3S/c1-37(2)43-31-54-62-55(32-43)68(63-38(3)27-44(28-39(63)4)59-33-42-15-8-11-20-56(42)71-59)64-61(49-34-45(65(5,6)7)24-26-60(49)72-64)66(62)52-25-23-41(51-36-70-58-22-13-10-19-48(51)58)30-53(52)67(54)46-17-14-16-40(29-46)50-35-69-57-21-12-9-18-47(50)57/h8-37H,1-7H3. The minimum absolute atomic E-state index is 0.0405. The summed E-state index contributed by atoms with van der Waals surface area (Å²) in [5.74, 6) is 1.13. The molecular weight excluding hydrogens is 900 g/mol. The normalized spacial score (nSPS) is 13.2. The molecule has 8 aromatic carbocycles. The zero-order valence-corrected chi connectivity index (χ0v) is 42.2. The SMILES string of the molecule is Cc1cc(-c2cc3ccccc3o2)cc(C)c1N1c2cc(C(C)C)cc3c2B(c2ccc(-c4coc5ccccc45)cc2N3c2cccc(-c3coc4ccccc34)c2)c2c1sc1ccc(C(C)(C)C)cc21. The van der Waals surface area contributed by atoms with Crippen molar-refractivity contribution in [2.45, 2.75) is 59.8 Å². The summed E-state index contributed by atoms with van der Waals surface area (Å²) in [6.45, 7) is 16.1. The van der Waals surface area contributed by atoms with Crippen LogP contribution in [0.15, 0.2) is 190 Å². The van der Waals surface area contributed by atoms with Crippen molar-refractivity contribution in [1.82, 2.24) is 0 Å². The van der Waals surface area contributed by atoms with Gasteiger partial charge in [-0.15, -0.1) is 11.3 Å². The highest BCUT2D eigenvalue weighted by Crippen LogP contribution is 2.52. The molecule has 14 rings (SSSR count). The number of rotatable bonds is 6. The van der Waals surface area contributed by atoms with Gasteiger partial charge in [-0.2, -0.15) is 0 Å². The van der Waals surface area contributed by atoms with Gasteiger partial charge in [0.05, 0.1) is 23.2 Å². The topological polar surface area (TPSA) is 45.9 Å². The number of furan rings is 3. The number of benzene rings is 8. The highest BCUT2D eigenvalue weighted by molar-refractivity contribution is 7.26. The molecule has 0 N–H and O–H groups in total. The van der Waals surface area contributed by atoms with Crippen molar-refractivity contribution < 1.29 is 13.3 Å². The second-order valence-electron chi connectivity index (χ2n) is 21.2. The Balaban J connectivity index is 1.07. The van der Waals surface area contributed by atoms with E-state index >= 15 is 0 Å². The summed E-state index contributed by atoms with van der Waals surface area (Å²) in [7, 11) is 0. The Morgan fingerprint density at radius 2 is 1.19 bits per heavy atom. The van der Waals surface area contributed by atoms with Gasteiger partial charge in [-0.05, 0) is 153 Å². The summed E-state index contributed by atoms with van der Waals surface area (Å²) in [5, 5.41) is 5.89. The fraction of sp³-hybridized carbons (Fsp3) is 0.138. The van der Waals surface area contributed by atoms with Gasteiger partial charge in [-0.3, -0.25) is 0 Å². The summed E-state index contributed by atoms with van der Waals surface area (Å²) in [6.07, 6.45) is 3.83. The zero-order valence-electron chi connectivity index (χ0n) is 41.4. The van der Waals surface area contributed by atoms with E-state index < -0.39 is 0 Å². The smallest absolute Gasteiger partial charge is 0.254 e. The number of aryl methyl sites for hydroxylation is 2. The number of anilines is 6. The lowest BCUT2D eigenvalue weighted by Gasteiger charge is -2.44. The third-order valence-corrected chi connectivity index (χ3v) is 16.5. The van der Waals surface area contributed by atoms with Crippen LogP contribution in [0, 0.1) is 13.8 Å². The molecule has 0 fully saturated rings. The van der Waals surface area contributed by atoms with Gasteiger partial charge in [0, 0.05) is 60.3 Å². The molecular formula is C65H51BN2O3S. The van der Waals surface area contributed by atoms with Crippen molar-refractivity contribution in [3.63, 3.8) is 0 Å². The first-order valence-corrected chi connectivity index (χ1v) is 25.9. The Morgan fingerprint density at radius 1 is 0.542 bits per heavy atom. The predicted molar refractivity (Wildman–Crippen MR) is 304 cm³/mol. The van der Waals surface area contributed by atoms with Crippen LogP contribution in [0.3, 0.4) is 0 Å². The number of hydrogen-bond donors (Lipinski definition) is 0. The second-order valence-corrected chi connectivity index (χ2v) is 22.3. The van der Waals surface area contributed by atoms with Crippen LogP contribution in [-0.2, 0) is 5.41 Å². The zero-order chi connectivity index (χ0) is 48.7. The van der Waals surface area contributed by atoms with Gasteiger partial charge < -0.3 is 23.1 Å². The lowest BCUT2D eigenvalue weighted by atomic mass is 9.33.